The lowest BCUT2D eigenvalue weighted by atomic mass is 9.87. The highest BCUT2D eigenvalue weighted by Gasteiger charge is 2.31. The van der Waals surface area contributed by atoms with Gasteiger partial charge in [0, 0.05) is 38.4 Å². The fourth-order valence-electron chi connectivity index (χ4n) is 3.11. The van der Waals surface area contributed by atoms with Gasteiger partial charge in [-0.1, -0.05) is 0 Å². The number of likely N-dealkylation sites (tertiary alicyclic amines) is 1. The van der Waals surface area contributed by atoms with E-state index >= 15 is 0 Å². The molecule has 1 aliphatic carbocycles. The molecule has 0 aromatic rings. The van der Waals surface area contributed by atoms with Crippen LogP contribution in [0.25, 0.3) is 0 Å². The molecule has 0 aromatic carbocycles. The molecule has 1 unspecified atom stereocenters. The zero-order valence-corrected chi connectivity index (χ0v) is 11.5. The smallest absolute Gasteiger partial charge is 0.225 e. The molecule has 102 valence electrons. The Labute approximate surface area is 109 Å². The number of Topliss-reactive ketones (excluding diaryl/α,β-unsaturated/α-hetero) is 1. The van der Waals surface area contributed by atoms with E-state index in [2.05, 4.69) is 11.9 Å². The molecule has 2 fully saturated rings. The molecular weight excluding hydrogens is 228 g/mol. The maximum Gasteiger partial charge on any atom is 0.225 e. The Balaban J connectivity index is 1.89. The molecule has 1 aliphatic heterocycles. The monoisotopic (exact) mass is 252 g/mol. The molecular formula is C14H24N2O2. The van der Waals surface area contributed by atoms with Crippen LogP contribution < -0.4 is 0 Å². The van der Waals surface area contributed by atoms with Gasteiger partial charge in [0.1, 0.15) is 5.78 Å². The van der Waals surface area contributed by atoms with Crippen molar-refractivity contribution < 1.29 is 9.59 Å². The van der Waals surface area contributed by atoms with Crippen LogP contribution in [0.2, 0.25) is 0 Å². The van der Waals surface area contributed by atoms with Gasteiger partial charge in [-0.25, -0.2) is 0 Å². The molecule has 0 radical (unpaired) electrons. The van der Waals surface area contributed by atoms with E-state index in [1.54, 1.807) is 0 Å². The van der Waals surface area contributed by atoms with Gasteiger partial charge in [0.05, 0.1) is 0 Å². The predicted molar refractivity (Wildman–Crippen MR) is 70.3 cm³/mol. The normalized spacial score (nSPS) is 27.2. The van der Waals surface area contributed by atoms with E-state index in [9.17, 15) is 9.59 Å². The second-order valence-corrected chi connectivity index (χ2v) is 5.82. The van der Waals surface area contributed by atoms with Gasteiger partial charge in [0.25, 0.3) is 0 Å². The maximum absolute atomic E-state index is 12.4. The summed E-state index contributed by atoms with van der Waals surface area (Å²) in [6.07, 6.45) is 4.97. The Morgan fingerprint density at radius 1 is 1.28 bits per heavy atom. The van der Waals surface area contributed by atoms with Crippen LogP contribution in [0, 0.1) is 5.92 Å². The molecule has 1 atom stereocenters. The van der Waals surface area contributed by atoms with Crippen LogP contribution in [0.5, 0.6) is 0 Å². The van der Waals surface area contributed by atoms with E-state index in [-0.39, 0.29) is 11.8 Å². The number of likely N-dealkylation sites (N-methyl/N-ethyl adjacent to an activating group) is 2. The van der Waals surface area contributed by atoms with Gasteiger partial charge in [-0.15, -0.1) is 0 Å². The maximum atomic E-state index is 12.4. The summed E-state index contributed by atoms with van der Waals surface area (Å²) in [5.41, 5.74) is 0. The summed E-state index contributed by atoms with van der Waals surface area (Å²) < 4.78 is 0. The Morgan fingerprint density at radius 2 is 1.94 bits per heavy atom. The molecule has 18 heavy (non-hydrogen) atoms. The van der Waals surface area contributed by atoms with E-state index < -0.39 is 0 Å². The van der Waals surface area contributed by atoms with E-state index in [0.717, 1.165) is 32.4 Å². The first-order valence-corrected chi connectivity index (χ1v) is 7.05. The summed E-state index contributed by atoms with van der Waals surface area (Å²) in [6.45, 7) is 2.12. The third kappa shape index (κ3) is 3.10. The fraction of sp³-hybridized carbons (Fsp3) is 0.857. The second kappa shape index (κ2) is 5.83. The number of nitrogens with zero attached hydrogens (tertiary/aromatic N) is 2. The summed E-state index contributed by atoms with van der Waals surface area (Å²) in [5.74, 6) is 0.654. The first-order valence-electron chi connectivity index (χ1n) is 7.05. The highest BCUT2D eigenvalue weighted by atomic mass is 16.2. The van der Waals surface area contributed by atoms with Crippen molar-refractivity contribution in [3.05, 3.63) is 0 Å². The summed E-state index contributed by atoms with van der Waals surface area (Å²) in [6, 6.07) is 0.355. The van der Waals surface area contributed by atoms with Gasteiger partial charge in [-0.2, -0.15) is 0 Å². The van der Waals surface area contributed by atoms with Crippen molar-refractivity contribution in [3.8, 4) is 0 Å². The average Bonchev–Trinajstić information content (AvgIpc) is 2.38. The number of rotatable bonds is 2. The lowest BCUT2D eigenvalue weighted by Crippen LogP contribution is -2.49. The number of hydrogen-bond acceptors (Lipinski definition) is 3. The minimum Gasteiger partial charge on any atom is -0.341 e. The molecule has 0 bridgehead atoms. The van der Waals surface area contributed by atoms with Crippen LogP contribution in [0.3, 0.4) is 0 Å². The molecule has 4 heteroatoms. The van der Waals surface area contributed by atoms with Crippen molar-refractivity contribution >= 4 is 11.7 Å². The Bertz CT molecular complexity index is 320. The number of piperidine rings is 1. The summed E-state index contributed by atoms with van der Waals surface area (Å²) in [4.78, 5) is 27.9. The molecule has 0 aromatic heterocycles. The van der Waals surface area contributed by atoms with E-state index in [1.807, 2.05) is 11.9 Å². The van der Waals surface area contributed by atoms with Crippen molar-refractivity contribution in [1.29, 1.82) is 0 Å². The van der Waals surface area contributed by atoms with Gasteiger partial charge >= 0.3 is 0 Å². The third-order valence-corrected chi connectivity index (χ3v) is 4.39. The SMILES string of the molecule is CN1CCCC(N(C)C(=O)C2CCC(=O)CC2)C1. The standard InChI is InChI=1S/C14H24N2O2/c1-15-9-3-4-12(10-15)16(2)14(18)11-5-7-13(17)8-6-11/h11-12H,3-10H2,1-2H3. The summed E-state index contributed by atoms with van der Waals surface area (Å²) >= 11 is 0. The zero-order chi connectivity index (χ0) is 13.1. The largest absolute Gasteiger partial charge is 0.341 e. The van der Waals surface area contributed by atoms with Crippen molar-refractivity contribution in [2.24, 2.45) is 5.92 Å². The Kier molecular flexibility index (Phi) is 4.38. The van der Waals surface area contributed by atoms with Crippen molar-refractivity contribution in [2.75, 3.05) is 27.2 Å². The Morgan fingerprint density at radius 3 is 2.56 bits per heavy atom. The predicted octanol–water partition coefficient (Wildman–Crippen LogP) is 1.30. The lowest BCUT2D eigenvalue weighted by Gasteiger charge is -2.37. The molecule has 1 amide bonds. The van der Waals surface area contributed by atoms with Crippen LogP contribution in [0.15, 0.2) is 0 Å². The minimum absolute atomic E-state index is 0.0833. The first-order chi connectivity index (χ1) is 8.58. The molecule has 0 N–H and O–H groups in total. The number of ketones is 1. The van der Waals surface area contributed by atoms with Crippen molar-refractivity contribution in [2.45, 2.75) is 44.6 Å². The molecule has 2 aliphatic rings. The van der Waals surface area contributed by atoms with Gasteiger partial charge in [0.2, 0.25) is 5.91 Å². The van der Waals surface area contributed by atoms with E-state index in [4.69, 9.17) is 0 Å². The number of amides is 1. The number of carbonyl (C=O) groups is 2. The number of hydrogen-bond donors (Lipinski definition) is 0. The van der Waals surface area contributed by atoms with Crippen molar-refractivity contribution in [3.63, 3.8) is 0 Å². The first kappa shape index (κ1) is 13.5. The van der Waals surface area contributed by atoms with Crippen LogP contribution in [-0.2, 0) is 9.59 Å². The quantitative estimate of drug-likeness (QED) is 0.744. The third-order valence-electron chi connectivity index (χ3n) is 4.39. The van der Waals surface area contributed by atoms with E-state index in [0.29, 0.717) is 24.7 Å². The average molecular weight is 252 g/mol. The number of carbonyl (C=O) groups excluding carboxylic acids is 2. The molecule has 4 nitrogen and oxygen atoms in total. The zero-order valence-electron chi connectivity index (χ0n) is 11.5. The van der Waals surface area contributed by atoms with Crippen LogP contribution in [-0.4, -0.2) is 54.7 Å². The highest BCUT2D eigenvalue weighted by Crippen LogP contribution is 2.25. The van der Waals surface area contributed by atoms with Crippen molar-refractivity contribution in [1.82, 2.24) is 9.80 Å². The molecule has 1 heterocycles. The Hall–Kier alpha value is -0.900. The topological polar surface area (TPSA) is 40.6 Å². The molecule has 1 saturated carbocycles. The van der Waals surface area contributed by atoms with Crippen LogP contribution in [0.1, 0.15) is 38.5 Å². The molecule has 2 rings (SSSR count). The fourth-order valence-corrected chi connectivity index (χ4v) is 3.11. The van der Waals surface area contributed by atoms with Gasteiger partial charge in [-0.05, 0) is 39.3 Å². The minimum atomic E-state index is 0.0833. The molecule has 0 spiro atoms. The second-order valence-electron chi connectivity index (χ2n) is 5.82. The summed E-state index contributed by atoms with van der Waals surface area (Å²) in [7, 11) is 4.05. The lowest BCUT2D eigenvalue weighted by molar-refractivity contribution is -0.139. The molecule has 1 saturated heterocycles. The van der Waals surface area contributed by atoms with Crippen LogP contribution in [0.4, 0.5) is 0 Å². The van der Waals surface area contributed by atoms with E-state index in [1.165, 1.54) is 6.42 Å². The van der Waals surface area contributed by atoms with Gasteiger partial charge < -0.3 is 9.80 Å². The summed E-state index contributed by atoms with van der Waals surface area (Å²) in [5, 5.41) is 0. The highest BCUT2D eigenvalue weighted by molar-refractivity contribution is 5.84. The van der Waals surface area contributed by atoms with Crippen LogP contribution >= 0.6 is 0 Å². The van der Waals surface area contributed by atoms with Gasteiger partial charge in [-0.3, -0.25) is 9.59 Å². The van der Waals surface area contributed by atoms with Gasteiger partial charge in [0.15, 0.2) is 0 Å².